The number of rotatable bonds is 6. The quantitative estimate of drug-likeness (QED) is 0.770. The lowest BCUT2D eigenvalue weighted by Crippen LogP contribution is -2.31. The summed E-state index contributed by atoms with van der Waals surface area (Å²) in [6.45, 7) is 2.69. The second-order valence-electron chi connectivity index (χ2n) is 5.81. The molecule has 0 saturated carbocycles. The van der Waals surface area contributed by atoms with E-state index in [1.807, 2.05) is 31.2 Å². The number of hydrogen-bond acceptors (Lipinski definition) is 4. The Morgan fingerprint density at radius 2 is 1.80 bits per heavy atom. The summed E-state index contributed by atoms with van der Waals surface area (Å²) in [5, 5.41) is 0.101. The van der Waals surface area contributed by atoms with Crippen molar-refractivity contribution in [1.82, 2.24) is 4.90 Å². The first kappa shape index (κ1) is 19.3. The minimum atomic E-state index is -3.50. The summed E-state index contributed by atoms with van der Waals surface area (Å²) >= 11 is 5.90. The van der Waals surface area contributed by atoms with Crippen molar-refractivity contribution >= 4 is 27.3 Å². The predicted molar refractivity (Wildman–Crippen MR) is 98.2 cm³/mol. The fourth-order valence-corrected chi connectivity index (χ4v) is 3.48. The first-order chi connectivity index (χ1) is 11.7. The lowest BCUT2D eigenvalue weighted by Gasteiger charge is -2.18. The van der Waals surface area contributed by atoms with E-state index in [0.29, 0.717) is 13.2 Å². The fourth-order valence-electron chi connectivity index (χ4n) is 2.18. The molecule has 134 valence electrons. The van der Waals surface area contributed by atoms with Crippen molar-refractivity contribution in [1.29, 1.82) is 0 Å². The van der Waals surface area contributed by atoms with Crippen molar-refractivity contribution in [2.24, 2.45) is 0 Å². The van der Waals surface area contributed by atoms with Crippen molar-refractivity contribution in [2.75, 3.05) is 26.5 Å². The van der Waals surface area contributed by atoms with Crippen LogP contribution in [0.3, 0.4) is 0 Å². The predicted octanol–water partition coefficient (Wildman–Crippen LogP) is 3.20. The number of benzene rings is 2. The zero-order chi connectivity index (χ0) is 18.6. The van der Waals surface area contributed by atoms with Gasteiger partial charge in [-0.1, -0.05) is 29.3 Å². The highest BCUT2D eigenvalue weighted by Crippen LogP contribution is 2.23. The van der Waals surface area contributed by atoms with Gasteiger partial charge in [-0.05, 0) is 37.3 Å². The molecule has 0 unspecified atom stereocenters. The Balaban J connectivity index is 2.01. The Kier molecular flexibility index (Phi) is 6.08. The maximum atomic E-state index is 12.5. The molecule has 0 fully saturated rings. The van der Waals surface area contributed by atoms with E-state index < -0.39 is 9.84 Å². The van der Waals surface area contributed by atoms with Crippen LogP contribution in [0.1, 0.15) is 15.9 Å². The molecule has 0 radical (unpaired) electrons. The number of amides is 1. The van der Waals surface area contributed by atoms with Crippen LogP contribution < -0.4 is 4.74 Å². The summed E-state index contributed by atoms with van der Waals surface area (Å²) in [7, 11) is -1.86. The van der Waals surface area contributed by atoms with Crippen LogP contribution in [0, 0.1) is 6.92 Å². The molecule has 0 atom stereocenters. The molecule has 0 aliphatic carbocycles. The molecule has 0 aliphatic heterocycles. The monoisotopic (exact) mass is 381 g/mol. The van der Waals surface area contributed by atoms with Crippen molar-refractivity contribution in [3.63, 3.8) is 0 Å². The van der Waals surface area contributed by atoms with Gasteiger partial charge in [-0.3, -0.25) is 4.79 Å². The van der Waals surface area contributed by atoms with E-state index in [4.69, 9.17) is 16.3 Å². The van der Waals surface area contributed by atoms with E-state index in [0.717, 1.165) is 17.6 Å². The minimum absolute atomic E-state index is 0.0516. The number of likely N-dealkylation sites (N-methyl/N-ethyl adjacent to an activating group) is 1. The van der Waals surface area contributed by atoms with Crippen LogP contribution in [0.25, 0.3) is 0 Å². The van der Waals surface area contributed by atoms with Crippen LogP contribution in [-0.2, 0) is 9.84 Å². The summed E-state index contributed by atoms with van der Waals surface area (Å²) in [6.07, 6.45) is 1.06. The molecule has 25 heavy (non-hydrogen) atoms. The summed E-state index contributed by atoms with van der Waals surface area (Å²) in [5.41, 5.74) is 1.41. The van der Waals surface area contributed by atoms with Gasteiger partial charge in [0.2, 0.25) is 0 Å². The number of aryl methyl sites for hydroxylation is 1. The van der Waals surface area contributed by atoms with Crippen LogP contribution in [0.4, 0.5) is 0 Å². The van der Waals surface area contributed by atoms with Gasteiger partial charge in [0.05, 0.1) is 16.5 Å². The van der Waals surface area contributed by atoms with Crippen LogP contribution in [-0.4, -0.2) is 45.7 Å². The van der Waals surface area contributed by atoms with Gasteiger partial charge >= 0.3 is 0 Å². The minimum Gasteiger partial charge on any atom is -0.492 e. The number of nitrogens with zero attached hydrogens (tertiary/aromatic N) is 1. The van der Waals surface area contributed by atoms with E-state index >= 15 is 0 Å². The Bertz CT molecular complexity index is 863. The molecule has 0 N–H and O–H groups in total. The van der Waals surface area contributed by atoms with Crippen molar-refractivity contribution in [3.8, 4) is 5.75 Å². The Morgan fingerprint density at radius 1 is 1.16 bits per heavy atom. The zero-order valence-corrected chi connectivity index (χ0v) is 15.9. The molecule has 2 rings (SSSR count). The molecular weight excluding hydrogens is 362 g/mol. The molecule has 0 saturated heterocycles. The summed E-state index contributed by atoms with van der Waals surface area (Å²) in [4.78, 5) is 13.9. The van der Waals surface area contributed by atoms with Gasteiger partial charge in [-0.2, -0.15) is 0 Å². The van der Waals surface area contributed by atoms with E-state index in [1.165, 1.54) is 23.1 Å². The highest BCUT2D eigenvalue weighted by atomic mass is 35.5. The second-order valence-corrected chi connectivity index (χ2v) is 8.20. The smallest absolute Gasteiger partial charge is 0.253 e. The summed E-state index contributed by atoms with van der Waals surface area (Å²) in [5.74, 6) is 0.436. The average molecular weight is 382 g/mol. The molecule has 0 aliphatic rings. The van der Waals surface area contributed by atoms with E-state index in [2.05, 4.69) is 0 Å². The highest BCUT2D eigenvalue weighted by Gasteiger charge is 2.18. The molecule has 2 aromatic rings. The summed E-state index contributed by atoms with van der Waals surface area (Å²) < 4.78 is 29.0. The first-order valence-electron chi connectivity index (χ1n) is 7.63. The molecule has 0 aromatic heterocycles. The fraction of sp³-hybridized carbons (Fsp3) is 0.278. The van der Waals surface area contributed by atoms with Crippen LogP contribution in [0.5, 0.6) is 5.75 Å². The van der Waals surface area contributed by atoms with Crippen molar-refractivity contribution < 1.29 is 17.9 Å². The largest absolute Gasteiger partial charge is 0.492 e. The Hall–Kier alpha value is -2.05. The zero-order valence-electron chi connectivity index (χ0n) is 14.3. The van der Waals surface area contributed by atoms with Gasteiger partial charge in [0.1, 0.15) is 12.4 Å². The maximum absolute atomic E-state index is 12.5. The van der Waals surface area contributed by atoms with Gasteiger partial charge in [0.25, 0.3) is 5.91 Å². The number of carbonyl (C=O) groups is 1. The lowest BCUT2D eigenvalue weighted by atomic mass is 10.2. The topological polar surface area (TPSA) is 63.7 Å². The van der Waals surface area contributed by atoms with Gasteiger partial charge in [0, 0.05) is 18.9 Å². The molecule has 0 spiro atoms. The molecule has 0 heterocycles. The average Bonchev–Trinajstić information content (AvgIpc) is 2.55. The standard InChI is InChI=1S/C18H20ClNO4S/c1-13-4-7-15(8-5-13)24-11-10-20(2)18(21)14-6-9-16(19)17(12-14)25(3,22)23/h4-9,12H,10-11H2,1-3H3. The third-order valence-electron chi connectivity index (χ3n) is 3.64. The molecular formula is C18H20ClNO4S. The maximum Gasteiger partial charge on any atom is 0.253 e. The Labute approximate surface area is 153 Å². The van der Waals surface area contributed by atoms with Crippen LogP contribution in [0.15, 0.2) is 47.4 Å². The lowest BCUT2D eigenvalue weighted by molar-refractivity contribution is 0.0773. The van der Waals surface area contributed by atoms with E-state index in [9.17, 15) is 13.2 Å². The van der Waals surface area contributed by atoms with E-state index in [1.54, 1.807) is 7.05 Å². The highest BCUT2D eigenvalue weighted by molar-refractivity contribution is 7.90. The van der Waals surface area contributed by atoms with Crippen LogP contribution >= 0.6 is 11.6 Å². The second kappa shape index (κ2) is 7.89. The van der Waals surface area contributed by atoms with Gasteiger partial charge in [-0.15, -0.1) is 0 Å². The van der Waals surface area contributed by atoms with Gasteiger partial charge in [0.15, 0.2) is 9.84 Å². The normalized spacial score (nSPS) is 11.2. The first-order valence-corrected chi connectivity index (χ1v) is 9.90. The molecule has 5 nitrogen and oxygen atoms in total. The number of sulfone groups is 1. The molecule has 1 amide bonds. The molecule has 2 aromatic carbocycles. The van der Waals surface area contributed by atoms with Crippen molar-refractivity contribution in [2.45, 2.75) is 11.8 Å². The number of ether oxygens (including phenoxy) is 1. The van der Waals surface area contributed by atoms with Gasteiger partial charge in [-0.25, -0.2) is 8.42 Å². The number of carbonyl (C=O) groups excluding carboxylic acids is 1. The SMILES string of the molecule is Cc1ccc(OCCN(C)C(=O)c2ccc(Cl)c(S(C)(=O)=O)c2)cc1. The van der Waals surface area contributed by atoms with E-state index in [-0.39, 0.29) is 21.4 Å². The molecule has 7 heteroatoms. The third kappa shape index (κ3) is 5.21. The van der Waals surface area contributed by atoms with Gasteiger partial charge < -0.3 is 9.64 Å². The third-order valence-corrected chi connectivity index (χ3v) is 5.22. The number of halogens is 1. The Morgan fingerprint density at radius 3 is 2.40 bits per heavy atom. The van der Waals surface area contributed by atoms with Crippen LogP contribution in [0.2, 0.25) is 5.02 Å². The number of hydrogen-bond donors (Lipinski definition) is 0. The summed E-state index contributed by atoms with van der Waals surface area (Å²) in [6, 6.07) is 11.9. The van der Waals surface area contributed by atoms with Crippen molar-refractivity contribution in [3.05, 3.63) is 58.6 Å². The molecule has 0 bridgehead atoms.